The molecule has 0 bridgehead atoms. The number of esters is 2. The molecule has 548 valence electrons. The number of hydrogen-bond acceptors (Lipinski definition) is 8. The van der Waals surface area contributed by atoms with E-state index in [4.69, 9.17) is 18.5 Å². The molecule has 94 heavy (non-hydrogen) atoms. The van der Waals surface area contributed by atoms with Gasteiger partial charge in [-0.05, 0) is 89.9 Å². The molecule has 0 saturated heterocycles. The molecule has 2 unspecified atom stereocenters. The summed E-state index contributed by atoms with van der Waals surface area (Å²) in [7, 11) is 1.18. The van der Waals surface area contributed by atoms with Gasteiger partial charge in [0.15, 0.2) is 6.10 Å². The molecular formula is C84H154NO8P. The Bertz CT molecular complexity index is 1860. The van der Waals surface area contributed by atoms with E-state index in [0.29, 0.717) is 17.4 Å². The van der Waals surface area contributed by atoms with Crippen molar-refractivity contribution >= 4 is 19.8 Å². The SMILES string of the molecule is CC/C=C\C/C=C\C/C=C\C/C=C\C/C=C\CCCCCCCCCCCCCCCCCCCCCC(=O)OC(COC(=O)CCCCCCCCCCCCCCCCCCCCCCCCC/C=C\C/C=C\CCCCCCC)COP(=O)([O-])OCC[N+](C)(C)C. The third kappa shape index (κ3) is 78.2. The standard InChI is InChI=1S/C84H154NO8P/c1-6-8-10-12-14-16-18-20-22-24-26-28-30-32-34-36-38-40-42-44-46-48-50-52-54-56-58-60-62-64-66-68-70-72-74-76-83(86)90-80-82(81-92-94(88,89)91-79-78-85(3,4)5)93-84(87)77-75-73-71-69-67-65-63-61-59-57-55-53-51-49-47-45-43-41-39-37-35-33-31-29-27-25-23-21-19-17-15-13-11-9-7-2/h9,11,15,17-18,20-21,23-24,26-27,29,33,35,82H,6-8,10,12-14,16,19,22,25,28,30-32,34,36-81H2,1-5H3/b11-9-,17-15-,20-18-,23-21-,26-24-,29-27-,35-33-. The minimum atomic E-state index is -4.65. The topological polar surface area (TPSA) is 111 Å². The zero-order valence-electron chi connectivity index (χ0n) is 62.7. The predicted molar refractivity (Wildman–Crippen MR) is 406 cm³/mol. The molecule has 0 aliphatic carbocycles. The van der Waals surface area contributed by atoms with Crippen LogP contribution in [0.15, 0.2) is 85.1 Å². The highest BCUT2D eigenvalue weighted by atomic mass is 31.2. The van der Waals surface area contributed by atoms with Gasteiger partial charge in [-0.2, -0.15) is 0 Å². The van der Waals surface area contributed by atoms with Gasteiger partial charge in [0.05, 0.1) is 27.7 Å². The molecule has 0 fully saturated rings. The second kappa shape index (κ2) is 74.4. The predicted octanol–water partition coefficient (Wildman–Crippen LogP) is 26.2. The molecule has 0 aromatic carbocycles. The van der Waals surface area contributed by atoms with Gasteiger partial charge in [0.25, 0.3) is 7.82 Å². The number of carbonyl (C=O) groups is 2. The van der Waals surface area contributed by atoms with Crippen LogP contribution in [0.4, 0.5) is 0 Å². The number of nitrogens with zero attached hydrogens (tertiary/aromatic N) is 1. The van der Waals surface area contributed by atoms with Crippen LogP contribution in [-0.2, 0) is 32.7 Å². The molecule has 0 heterocycles. The van der Waals surface area contributed by atoms with Crippen LogP contribution in [-0.4, -0.2) is 70.0 Å². The molecule has 2 atom stereocenters. The molecule has 0 aliphatic rings. The molecule has 0 radical (unpaired) electrons. The van der Waals surface area contributed by atoms with Crippen molar-refractivity contribution < 1.29 is 42.1 Å². The van der Waals surface area contributed by atoms with Crippen LogP contribution in [0, 0.1) is 0 Å². The van der Waals surface area contributed by atoms with Crippen LogP contribution < -0.4 is 4.89 Å². The number of phosphoric acid groups is 1. The van der Waals surface area contributed by atoms with E-state index >= 15 is 0 Å². The Morgan fingerprint density at radius 3 is 0.904 bits per heavy atom. The van der Waals surface area contributed by atoms with Crippen LogP contribution in [0.2, 0.25) is 0 Å². The lowest BCUT2D eigenvalue weighted by atomic mass is 10.0. The van der Waals surface area contributed by atoms with E-state index in [1.54, 1.807) is 0 Å². The summed E-state index contributed by atoms with van der Waals surface area (Å²) < 4.78 is 34.4. The Hall–Kier alpha value is -2.81. The average Bonchev–Trinajstić information content (AvgIpc) is 1.68. The van der Waals surface area contributed by atoms with Crippen LogP contribution >= 0.6 is 7.82 Å². The van der Waals surface area contributed by atoms with Crippen molar-refractivity contribution in [2.45, 2.75) is 392 Å². The molecule has 0 aromatic rings. The van der Waals surface area contributed by atoms with E-state index in [9.17, 15) is 19.0 Å². The maximum absolute atomic E-state index is 12.9. The lowest BCUT2D eigenvalue weighted by Crippen LogP contribution is -2.37. The number of carbonyl (C=O) groups excluding carboxylic acids is 2. The zero-order valence-corrected chi connectivity index (χ0v) is 63.6. The van der Waals surface area contributed by atoms with Crippen LogP contribution in [0.25, 0.3) is 0 Å². The fraction of sp³-hybridized carbons (Fsp3) is 0.810. The number of ether oxygens (including phenoxy) is 2. The Morgan fingerprint density at radius 2 is 0.606 bits per heavy atom. The Morgan fingerprint density at radius 1 is 0.340 bits per heavy atom. The summed E-state index contributed by atoms with van der Waals surface area (Å²) in [5, 5.41) is 0. The van der Waals surface area contributed by atoms with E-state index in [2.05, 4.69) is 98.9 Å². The second-order valence-corrected chi connectivity index (χ2v) is 29.8. The van der Waals surface area contributed by atoms with Gasteiger partial charge in [0.1, 0.15) is 19.8 Å². The highest BCUT2D eigenvalue weighted by Gasteiger charge is 2.22. The van der Waals surface area contributed by atoms with Gasteiger partial charge in [0.2, 0.25) is 0 Å². The lowest BCUT2D eigenvalue weighted by molar-refractivity contribution is -0.870. The Balaban J connectivity index is 3.92. The maximum atomic E-state index is 12.9. The Labute approximate surface area is 583 Å². The molecule has 10 heteroatoms. The number of rotatable bonds is 75. The van der Waals surface area contributed by atoms with Crippen molar-refractivity contribution in [3.05, 3.63) is 85.1 Å². The van der Waals surface area contributed by atoms with Crippen molar-refractivity contribution in [2.24, 2.45) is 0 Å². The van der Waals surface area contributed by atoms with Gasteiger partial charge in [-0.25, -0.2) is 0 Å². The monoisotopic (exact) mass is 1340 g/mol. The summed E-state index contributed by atoms with van der Waals surface area (Å²) in [6.45, 7) is 4.18. The molecule has 0 aromatic heterocycles. The third-order valence-corrected chi connectivity index (χ3v) is 18.9. The minimum Gasteiger partial charge on any atom is -0.756 e. The summed E-state index contributed by atoms with van der Waals surface area (Å²) in [5.74, 6) is -0.813. The molecule has 0 saturated carbocycles. The van der Waals surface area contributed by atoms with Crippen LogP contribution in [0.5, 0.6) is 0 Å². The number of hydrogen-bond donors (Lipinski definition) is 0. The molecule has 9 nitrogen and oxygen atoms in total. The Kier molecular flexibility index (Phi) is 72.2. The fourth-order valence-electron chi connectivity index (χ4n) is 11.8. The highest BCUT2D eigenvalue weighted by Crippen LogP contribution is 2.38. The van der Waals surface area contributed by atoms with Crippen molar-refractivity contribution in [1.82, 2.24) is 0 Å². The maximum Gasteiger partial charge on any atom is 0.306 e. The molecule has 0 N–H and O–H groups in total. The zero-order chi connectivity index (χ0) is 68.3. The van der Waals surface area contributed by atoms with Crippen LogP contribution in [0.3, 0.4) is 0 Å². The smallest absolute Gasteiger partial charge is 0.306 e. The highest BCUT2D eigenvalue weighted by molar-refractivity contribution is 7.45. The number of quaternary nitrogens is 1. The van der Waals surface area contributed by atoms with Gasteiger partial charge < -0.3 is 27.9 Å². The first-order valence-electron chi connectivity index (χ1n) is 40.3. The average molecular weight is 1340 g/mol. The number of likely N-dealkylation sites (N-methyl/N-ethyl adjacent to an activating group) is 1. The fourth-order valence-corrected chi connectivity index (χ4v) is 12.5. The van der Waals surface area contributed by atoms with Gasteiger partial charge in [0, 0.05) is 12.8 Å². The van der Waals surface area contributed by atoms with Gasteiger partial charge >= 0.3 is 11.9 Å². The van der Waals surface area contributed by atoms with Crippen molar-refractivity contribution in [3.63, 3.8) is 0 Å². The first-order valence-corrected chi connectivity index (χ1v) is 41.8. The summed E-state index contributed by atoms with van der Waals surface area (Å²) in [4.78, 5) is 38.2. The van der Waals surface area contributed by atoms with E-state index in [1.165, 1.54) is 276 Å². The summed E-state index contributed by atoms with van der Waals surface area (Å²) in [6.07, 6.45) is 103. The normalized spacial score (nSPS) is 13.5. The van der Waals surface area contributed by atoms with E-state index in [0.717, 1.165) is 77.0 Å². The first-order chi connectivity index (χ1) is 46.0. The quantitative estimate of drug-likeness (QED) is 0.0195. The lowest BCUT2D eigenvalue weighted by Gasteiger charge is -2.28. The molecule has 0 spiro atoms. The van der Waals surface area contributed by atoms with Gasteiger partial charge in [-0.1, -0.05) is 369 Å². The second-order valence-electron chi connectivity index (χ2n) is 28.4. The molecule has 0 amide bonds. The summed E-state index contributed by atoms with van der Waals surface area (Å²) >= 11 is 0. The van der Waals surface area contributed by atoms with Crippen molar-refractivity contribution in [2.75, 3.05) is 47.5 Å². The van der Waals surface area contributed by atoms with Crippen LogP contribution in [0.1, 0.15) is 386 Å². The first kappa shape index (κ1) is 91.2. The van der Waals surface area contributed by atoms with E-state index in [-0.39, 0.29) is 32.0 Å². The third-order valence-electron chi connectivity index (χ3n) is 17.9. The molecule has 0 rings (SSSR count). The molecule has 0 aliphatic heterocycles. The minimum absolute atomic E-state index is 0.0300. The summed E-state index contributed by atoms with van der Waals surface area (Å²) in [6, 6.07) is 0. The van der Waals surface area contributed by atoms with E-state index in [1.807, 2.05) is 21.1 Å². The summed E-state index contributed by atoms with van der Waals surface area (Å²) in [5.41, 5.74) is 0. The number of phosphoric ester groups is 1. The largest absolute Gasteiger partial charge is 0.756 e. The van der Waals surface area contributed by atoms with Gasteiger partial charge in [-0.3, -0.25) is 14.2 Å². The number of unbranched alkanes of at least 4 members (excludes halogenated alkanes) is 47. The van der Waals surface area contributed by atoms with E-state index < -0.39 is 26.5 Å². The van der Waals surface area contributed by atoms with Crippen molar-refractivity contribution in [1.29, 1.82) is 0 Å². The van der Waals surface area contributed by atoms with Crippen molar-refractivity contribution in [3.8, 4) is 0 Å². The number of allylic oxidation sites excluding steroid dienone is 14. The van der Waals surface area contributed by atoms with Gasteiger partial charge in [-0.15, -0.1) is 0 Å². The molecular weight excluding hydrogens is 1180 g/mol.